The second-order valence-corrected chi connectivity index (χ2v) is 6.93. The third-order valence-corrected chi connectivity index (χ3v) is 5.18. The Morgan fingerprint density at radius 2 is 2.08 bits per heavy atom. The zero-order valence-corrected chi connectivity index (χ0v) is 15.9. The number of ether oxygens (including phenoxy) is 1. The maximum Gasteiger partial charge on any atom is 0.262 e. The van der Waals surface area contributed by atoms with Gasteiger partial charge in [-0.15, -0.1) is 11.3 Å². The maximum absolute atomic E-state index is 12.8. The Bertz CT molecular complexity index is 1010. The van der Waals surface area contributed by atoms with Gasteiger partial charge in [-0.3, -0.25) is 14.2 Å². The van der Waals surface area contributed by atoms with Gasteiger partial charge in [0.2, 0.25) is 5.91 Å². The number of para-hydroxylation sites is 2. The van der Waals surface area contributed by atoms with Crippen LogP contribution in [0.1, 0.15) is 24.5 Å². The molecule has 26 heavy (non-hydrogen) atoms. The van der Waals surface area contributed by atoms with Crippen LogP contribution >= 0.6 is 11.3 Å². The molecule has 1 N–H and O–H groups in total. The van der Waals surface area contributed by atoms with Crippen molar-refractivity contribution in [1.82, 2.24) is 9.55 Å². The van der Waals surface area contributed by atoms with E-state index >= 15 is 0 Å². The zero-order chi connectivity index (χ0) is 18.7. The first kappa shape index (κ1) is 18.1. The van der Waals surface area contributed by atoms with Gasteiger partial charge < -0.3 is 10.1 Å². The van der Waals surface area contributed by atoms with Crippen LogP contribution in [0.4, 0.5) is 5.69 Å². The molecule has 0 radical (unpaired) electrons. The number of thiophene rings is 1. The number of hydrogen-bond donors (Lipinski definition) is 1. The molecule has 136 valence electrons. The zero-order valence-electron chi connectivity index (χ0n) is 15.0. The summed E-state index contributed by atoms with van der Waals surface area (Å²) in [6.45, 7) is 6.08. The quantitative estimate of drug-likeness (QED) is 0.721. The molecule has 0 spiro atoms. The molecule has 0 aliphatic carbocycles. The number of carbonyl (C=O) groups excluding carboxylic acids is 1. The summed E-state index contributed by atoms with van der Waals surface area (Å²) in [6, 6.07) is 9.09. The molecular weight excluding hydrogens is 350 g/mol. The number of nitrogens with one attached hydrogen (secondary N) is 1. The molecule has 6 nitrogen and oxygen atoms in total. The lowest BCUT2D eigenvalue weighted by molar-refractivity contribution is -0.116. The molecule has 2 aromatic heterocycles. The molecule has 3 rings (SSSR count). The lowest BCUT2D eigenvalue weighted by Gasteiger charge is -2.13. The Balaban J connectivity index is 1.87. The van der Waals surface area contributed by atoms with Gasteiger partial charge >= 0.3 is 0 Å². The number of aryl methyl sites for hydroxylation is 2. The second-order valence-electron chi connectivity index (χ2n) is 5.81. The number of rotatable bonds is 6. The number of benzene rings is 1. The number of aromatic nitrogens is 2. The van der Waals surface area contributed by atoms with Gasteiger partial charge in [0.25, 0.3) is 5.56 Å². The first-order valence-electron chi connectivity index (χ1n) is 8.55. The average Bonchev–Trinajstić information content (AvgIpc) is 3.04. The molecule has 2 heterocycles. The number of nitrogens with zero attached hydrogens (tertiary/aromatic N) is 2. The van der Waals surface area contributed by atoms with Crippen molar-refractivity contribution in [3.8, 4) is 5.75 Å². The first-order chi connectivity index (χ1) is 12.5. The van der Waals surface area contributed by atoms with Crippen LogP contribution in [-0.2, 0) is 17.8 Å². The molecule has 0 bridgehead atoms. The molecule has 7 heteroatoms. The molecule has 1 aromatic carbocycles. The van der Waals surface area contributed by atoms with Gasteiger partial charge in [-0.1, -0.05) is 19.1 Å². The summed E-state index contributed by atoms with van der Waals surface area (Å²) in [5.41, 5.74) is 0.402. The Kier molecular flexibility index (Phi) is 5.37. The van der Waals surface area contributed by atoms with Gasteiger partial charge in [-0.2, -0.15) is 0 Å². The average molecular weight is 371 g/mol. The van der Waals surface area contributed by atoms with Gasteiger partial charge in [0, 0.05) is 4.88 Å². The minimum atomic E-state index is -0.297. The monoisotopic (exact) mass is 371 g/mol. The van der Waals surface area contributed by atoms with Crippen LogP contribution in [0.25, 0.3) is 10.2 Å². The fourth-order valence-electron chi connectivity index (χ4n) is 2.71. The smallest absolute Gasteiger partial charge is 0.262 e. The standard InChI is InChI=1S/C19H21N3O3S/c1-4-13-10-14-18(26-13)20-12(3)22(19(14)24)11-17(23)21-15-8-6-7-9-16(15)25-5-2/h6-10H,4-5,11H2,1-3H3,(H,21,23). The number of fused-ring (bicyclic) bond motifs is 1. The topological polar surface area (TPSA) is 73.2 Å². The molecular formula is C19H21N3O3S. The van der Waals surface area contributed by atoms with Crippen LogP contribution in [0, 0.1) is 6.92 Å². The SMILES string of the molecule is CCOc1ccccc1NC(=O)Cn1c(C)nc2sc(CC)cc2c1=O. The molecule has 0 aliphatic heterocycles. The molecule has 0 fully saturated rings. The van der Waals surface area contributed by atoms with Crippen molar-refractivity contribution in [1.29, 1.82) is 0 Å². The predicted molar refractivity (Wildman–Crippen MR) is 104 cm³/mol. The minimum absolute atomic E-state index is 0.0919. The third kappa shape index (κ3) is 3.62. The van der Waals surface area contributed by atoms with E-state index in [0.717, 1.165) is 16.1 Å². The van der Waals surface area contributed by atoms with Gasteiger partial charge in [0.15, 0.2) is 0 Å². The predicted octanol–water partition coefficient (Wildman–Crippen LogP) is 3.37. The number of carbonyl (C=O) groups is 1. The van der Waals surface area contributed by atoms with E-state index in [2.05, 4.69) is 10.3 Å². The van der Waals surface area contributed by atoms with E-state index in [1.54, 1.807) is 19.1 Å². The van der Waals surface area contributed by atoms with Crippen LogP contribution in [0.15, 0.2) is 35.1 Å². The fourth-order valence-corrected chi connectivity index (χ4v) is 3.72. The van der Waals surface area contributed by atoms with Gasteiger partial charge in [-0.25, -0.2) is 4.98 Å². The van der Waals surface area contributed by atoms with E-state index in [1.165, 1.54) is 15.9 Å². The van der Waals surface area contributed by atoms with E-state index in [0.29, 0.717) is 29.3 Å². The van der Waals surface area contributed by atoms with E-state index in [1.807, 2.05) is 32.0 Å². The van der Waals surface area contributed by atoms with Crippen molar-refractivity contribution in [3.63, 3.8) is 0 Å². The highest BCUT2D eigenvalue weighted by molar-refractivity contribution is 7.18. The fraction of sp³-hybridized carbons (Fsp3) is 0.316. The van der Waals surface area contributed by atoms with Crippen molar-refractivity contribution in [2.24, 2.45) is 0 Å². The molecule has 0 saturated heterocycles. The summed E-state index contributed by atoms with van der Waals surface area (Å²) in [7, 11) is 0. The van der Waals surface area contributed by atoms with Crippen LogP contribution in [0.2, 0.25) is 0 Å². The van der Waals surface area contributed by atoms with Crippen molar-refractivity contribution in [2.75, 3.05) is 11.9 Å². The summed E-state index contributed by atoms with van der Waals surface area (Å²) in [5, 5.41) is 3.38. The molecule has 0 saturated carbocycles. The van der Waals surface area contributed by atoms with E-state index in [9.17, 15) is 9.59 Å². The Hall–Kier alpha value is -2.67. The van der Waals surface area contributed by atoms with Crippen LogP contribution in [0.3, 0.4) is 0 Å². The lowest BCUT2D eigenvalue weighted by Crippen LogP contribution is -2.30. The molecule has 0 aliphatic rings. The first-order valence-corrected chi connectivity index (χ1v) is 9.36. The normalized spacial score (nSPS) is 10.9. The summed E-state index contributed by atoms with van der Waals surface area (Å²) in [4.78, 5) is 31.6. The summed E-state index contributed by atoms with van der Waals surface area (Å²) >= 11 is 1.52. The third-order valence-electron chi connectivity index (χ3n) is 4.00. The van der Waals surface area contributed by atoms with E-state index in [4.69, 9.17) is 4.74 Å². The highest BCUT2D eigenvalue weighted by Gasteiger charge is 2.15. The van der Waals surface area contributed by atoms with Crippen LogP contribution < -0.4 is 15.6 Å². The second kappa shape index (κ2) is 7.70. The summed E-state index contributed by atoms with van der Waals surface area (Å²) in [5.74, 6) is 0.834. The number of anilines is 1. The Morgan fingerprint density at radius 1 is 1.31 bits per heavy atom. The molecule has 0 unspecified atom stereocenters. The summed E-state index contributed by atoms with van der Waals surface area (Å²) < 4.78 is 6.92. The maximum atomic E-state index is 12.8. The summed E-state index contributed by atoms with van der Waals surface area (Å²) in [6.07, 6.45) is 0.855. The Labute approximate surface area is 155 Å². The minimum Gasteiger partial charge on any atom is -0.492 e. The van der Waals surface area contributed by atoms with Crippen molar-refractivity contribution in [2.45, 2.75) is 33.7 Å². The Morgan fingerprint density at radius 3 is 2.81 bits per heavy atom. The largest absolute Gasteiger partial charge is 0.492 e. The molecule has 3 aromatic rings. The molecule has 0 atom stereocenters. The van der Waals surface area contributed by atoms with Crippen LogP contribution in [-0.4, -0.2) is 22.1 Å². The van der Waals surface area contributed by atoms with Gasteiger partial charge in [0.05, 0.1) is 17.7 Å². The number of amides is 1. The highest BCUT2D eigenvalue weighted by atomic mass is 32.1. The van der Waals surface area contributed by atoms with E-state index < -0.39 is 0 Å². The van der Waals surface area contributed by atoms with Crippen LogP contribution in [0.5, 0.6) is 5.75 Å². The van der Waals surface area contributed by atoms with Gasteiger partial charge in [0.1, 0.15) is 22.9 Å². The van der Waals surface area contributed by atoms with Crippen molar-refractivity contribution >= 4 is 33.1 Å². The lowest BCUT2D eigenvalue weighted by atomic mass is 10.3. The van der Waals surface area contributed by atoms with E-state index in [-0.39, 0.29) is 18.0 Å². The van der Waals surface area contributed by atoms with Crippen molar-refractivity contribution in [3.05, 3.63) is 51.4 Å². The van der Waals surface area contributed by atoms with Crippen molar-refractivity contribution < 1.29 is 9.53 Å². The number of hydrogen-bond acceptors (Lipinski definition) is 5. The molecule has 1 amide bonds. The highest BCUT2D eigenvalue weighted by Crippen LogP contribution is 2.24. The van der Waals surface area contributed by atoms with Gasteiger partial charge in [-0.05, 0) is 38.5 Å².